The summed E-state index contributed by atoms with van der Waals surface area (Å²) in [7, 11) is 0. The van der Waals surface area contributed by atoms with Crippen LogP contribution in [0, 0.1) is 79.9 Å². The van der Waals surface area contributed by atoms with E-state index in [9.17, 15) is 0 Å². The zero-order chi connectivity index (χ0) is 0. The summed E-state index contributed by atoms with van der Waals surface area (Å²) in [5, 5.41) is 0. The molecule has 7 heteroatoms. The molecule has 0 aliphatic heterocycles. The zero-order valence-electron chi connectivity index (χ0n) is 2.64. The molecule has 0 saturated heterocycles. The van der Waals surface area contributed by atoms with Crippen LogP contribution in [0.2, 0.25) is 0 Å². The SMILES string of the molecule is [Fe+3].[Fe+3].[Gd].[Gd].[O-2].[O-2].[O-2]. The van der Waals surface area contributed by atoms with Crippen LogP contribution in [0.25, 0.3) is 0 Å². The van der Waals surface area contributed by atoms with E-state index in [4.69, 9.17) is 0 Å². The van der Waals surface area contributed by atoms with Crippen molar-refractivity contribution in [3.8, 4) is 0 Å². The van der Waals surface area contributed by atoms with Crippen molar-refractivity contribution >= 4 is 0 Å². The van der Waals surface area contributed by atoms with Gasteiger partial charge in [-0.1, -0.05) is 0 Å². The molecule has 50 valence electrons. The second-order valence-corrected chi connectivity index (χ2v) is 0. The van der Waals surface area contributed by atoms with Crippen LogP contribution in [-0.4, -0.2) is 0 Å². The Kier molecular flexibility index (Phi) is 599. The third kappa shape index (κ3) is 43.0. The third-order valence-electron chi connectivity index (χ3n) is 0. The second-order valence-electron chi connectivity index (χ2n) is 0. The maximum Gasteiger partial charge on any atom is 3.00 e. The van der Waals surface area contributed by atoms with E-state index in [2.05, 4.69) is 0 Å². The molecule has 0 aliphatic carbocycles. The summed E-state index contributed by atoms with van der Waals surface area (Å²) in [5.41, 5.74) is 0. The Hall–Kier alpha value is 3.57. The first-order valence-electron chi connectivity index (χ1n) is 0. The van der Waals surface area contributed by atoms with Gasteiger partial charge in [0.25, 0.3) is 0 Å². The summed E-state index contributed by atoms with van der Waals surface area (Å²) in [4.78, 5) is 0. The standard InChI is InChI=1S/2Fe.2Gd.3O/q2*+3;;;3*-2. The molecular weight excluding hydrogens is 474 g/mol. The zero-order valence-corrected chi connectivity index (χ0v) is 9.38. The monoisotopic (exact) mass is 476 g/mol. The fraction of sp³-hybridized carbons (Fsp3) is 0. The largest absolute Gasteiger partial charge is 3.00 e. The Balaban J connectivity index is 0. The summed E-state index contributed by atoms with van der Waals surface area (Å²) < 4.78 is 0. The number of hydrogen-bond acceptors (Lipinski definition) is 0. The maximum atomic E-state index is 0. The fourth-order valence-electron chi connectivity index (χ4n) is 0. The summed E-state index contributed by atoms with van der Waals surface area (Å²) in [6, 6.07) is 0. The van der Waals surface area contributed by atoms with Crippen LogP contribution in [0.3, 0.4) is 0 Å². The molecule has 0 bridgehead atoms. The molecule has 0 aliphatic rings. The van der Waals surface area contributed by atoms with Gasteiger partial charge in [0.15, 0.2) is 0 Å². The van der Waals surface area contributed by atoms with Crippen molar-refractivity contribution in [2.24, 2.45) is 0 Å². The minimum atomic E-state index is 0. The summed E-state index contributed by atoms with van der Waals surface area (Å²) in [5.74, 6) is 0. The van der Waals surface area contributed by atoms with Crippen LogP contribution in [0.1, 0.15) is 0 Å². The molecule has 2 radical (unpaired) electrons. The Morgan fingerprint density at radius 1 is 0.429 bits per heavy atom. The molecule has 0 heterocycles. The molecule has 0 rings (SSSR count). The van der Waals surface area contributed by atoms with Gasteiger partial charge in [0, 0.05) is 79.9 Å². The number of hydrogen-bond donors (Lipinski definition) is 0. The van der Waals surface area contributed by atoms with E-state index in [-0.39, 0.29) is 130 Å². The first-order valence-corrected chi connectivity index (χ1v) is 0. The van der Waals surface area contributed by atoms with Crippen molar-refractivity contribution in [2.45, 2.75) is 0 Å². The quantitative estimate of drug-likeness (QED) is 0.430. The van der Waals surface area contributed by atoms with E-state index < -0.39 is 0 Å². The maximum absolute atomic E-state index is 0. The molecule has 0 aromatic rings. The van der Waals surface area contributed by atoms with Crippen molar-refractivity contribution in [3.63, 3.8) is 0 Å². The van der Waals surface area contributed by atoms with Crippen LogP contribution in [0.15, 0.2) is 0 Å². The first-order chi connectivity index (χ1) is 0. The third-order valence-corrected chi connectivity index (χ3v) is 0. The van der Waals surface area contributed by atoms with Crippen LogP contribution in [0.4, 0.5) is 0 Å². The molecule has 0 saturated carbocycles. The molecule has 3 nitrogen and oxygen atoms in total. The second kappa shape index (κ2) is 55.2. The molecule has 7 heavy (non-hydrogen) atoms. The Bertz CT molecular complexity index is 10.9. The summed E-state index contributed by atoms with van der Waals surface area (Å²) in [6.07, 6.45) is 0. The van der Waals surface area contributed by atoms with Gasteiger partial charge in [0.05, 0.1) is 0 Å². The molecule has 0 N–H and O–H groups in total. The van der Waals surface area contributed by atoms with E-state index in [0.29, 0.717) is 0 Å². The van der Waals surface area contributed by atoms with Gasteiger partial charge < -0.3 is 16.4 Å². The van der Waals surface area contributed by atoms with Gasteiger partial charge in [-0.15, -0.1) is 0 Å². The Morgan fingerprint density at radius 3 is 0.429 bits per heavy atom. The summed E-state index contributed by atoms with van der Waals surface area (Å²) in [6.45, 7) is 0. The van der Waals surface area contributed by atoms with Crippen LogP contribution in [-0.2, 0) is 50.6 Å². The fourth-order valence-corrected chi connectivity index (χ4v) is 0. The molecule has 0 spiro atoms. The van der Waals surface area contributed by atoms with E-state index in [1.807, 2.05) is 0 Å². The molecular formula is Fe2Gd2O3. The Morgan fingerprint density at radius 2 is 0.429 bits per heavy atom. The van der Waals surface area contributed by atoms with Crippen molar-refractivity contribution in [2.75, 3.05) is 0 Å². The van der Waals surface area contributed by atoms with Gasteiger partial charge in [-0.2, -0.15) is 0 Å². The van der Waals surface area contributed by atoms with E-state index in [1.165, 1.54) is 0 Å². The average Bonchev–Trinajstić information content (AvgIpc) is 0. The molecule has 0 unspecified atom stereocenters. The van der Waals surface area contributed by atoms with Crippen molar-refractivity contribution in [1.29, 1.82) is 0 Å². The molecule has 0 aromatic carbocycles. The van der Waals surface area contributed by atoms with E-state index >= 15 is 0 Å². The predicted octanol–water partition coefficient (Wildman–Crippen LogP) is -0.361. The van der Waals surface area contributed by atoms with Gasteiger partial charge in [-0.05, 0) is 0 Å². The van der Waals surface area contributed by atoms with Gasteiger partial charge in [0.2, 0.25) is 0 Å². The first kappa shape index (κ1) is 76.0. The molecule has 0 amide bonds. The van der Waals surface area contributed by atoms with Crippen molar-refractivity contribution < 1.29 is 130 Å². The van der Waals surface area contributed by atoms with Crippen LogP contribution in [0.5, 0.6) is 0 Å². The van der Waals surface area contributed by atoms with Crippen LogP contribution >= 0.6 is 0 Å². The molecule has 0 aromatic heterocycles. The Labute approximate surface area is 127 Å². The molecule has 0 fully saturated rings. The minimum Gasteiger partial charge on any atom is -2.00 e. The van der Waals surface area contributed by atoms with E-state index in [1.54, 1.807) is 0 Å². The van der Waals surface area contributed by atoms with E-state index in [0.717, 1.165) is 0 Å². The average molecular weight is 474 g/mol. The molecule has 0 atom stereocenters. The normalized spacial score (nSPS) is 0. The smallest absolute Gasteiger partial charge is 2.00 e. The topological polar surface area (TPSA) is 85.5 Å². The van der Waals surface area contributed by atoms with Gasteiger partial charge >= 0.3 is 34.1 Å². The predicted molar refractivity (Wildman–Crippen MR) is 2.06 cm³/mol. The van der Waals surface area contributed by atoms with Crippen molar-refractivity contribution in [3.05, 3.63) is 0 Å². The summed E-state index contributed by atoms with van der Waals surface area (Å²) >= 11 is 0. The van der Waals surface area contributed by atoms with Gasteiger partial charge in [-0.3, -0.25) is 0 Å². The van der Waals surface area contributed by atoms with Gasteiger partial charge in [0.1, 0.15) is 0 Å². The van der Waals surface area contributed by atoms with Crippen molar-refractivity contribution in [1.82, 2.24) is 0 Å². The minimum absolute atomic E-state index is 0. The number of rotatable bonds is 0. The van der Waals surface area contributed by atoms with Gasteiger partial charge in [-0.25, -0.2) is 0 Å². The van der Waals surface area contributed by atoms with Crippen LogP contribution < -0.4 is 0 Å².